The van der Waals surface area contributed by atoms with Gasteiger partial charge in [-0.2, -0.15) is 0 Å². The number of unbranched alkanes of at least 4 members (excludes halogenated alkanes) is 2. The van der Waals surface area contributed by atoms with Crippen molar-refractivity contribution in [1.82, 2.24) is 4.98 Å². The molecule has 0 aromatic carbocycles. The highest BCUT2D eigenvalue weighted by atomic mass is 16.3. The number of aliphatic hydroxyl groups excluding tert-OH is 2. The monoisotopic (exact) mass is 224 g/mol. The van der Waals surface area contributed by atoms with E-state index in [4.69, 9.17) is 5.11 Å². The first kappa shape index (κ1) is 12.9. The summed E-state index contributed by atoms with van der Waals surface area (Å²) >= 11 is 0. The maximum atomic E-state index is 9.18. The number of hydrogen-bond donors (Lipinski definition) is 2. The Morgan fingerprint density at radius 2 is 2.06 bits per heavy atom. The number of rotatable bonds is 7. The van der Waals surface area contributed by atoms with E-state index in [9.17, 15) is 5.11 Å². The average molecular weight is 224 g/mol. The minimum atomic E-state index is 0.0180. The molecule has 0 aliphatic heterocycles. The zero-order valence-corrected chi connectivity index (χ0v) is 9.76. The number of hydrogen-bond acceptors (Lipinski definition) is 4. The van der Waals surface area contributed by atoms with Gasteiger partial charge in [0.25, 0.3) is 0 Å². The summed E-state index contributed by atoms with van der Waals surface area (Å²) in [5.41, 5.74) is 1.88. The van der Waals surface area contributed by atoms with Gasteiger partial charge in [-0.25, -0.2) is 0 Å². The topological polar surface area (TPSA) is 56.6 Å². The van der Waals surface area contributed by atoms with Crippen LogP contribution in [0.25, 0.3) is 0 Å². The van der Waals surface area contributed by atoms with Gasteiger partial charge < -0.3 is 15.1 Å². The summed E-state index contributed by atoms with van der Waals surface area (Å²) in [6.45, 7) is 1.21. The van der Waals surface area contributed by atoms with Gasteiger partial charge in [0.2, 0.25) is 0 Å². The molecule has 16 heavy (non-hydrogen) atoms. The van der Waals surface area contributed by atoms with Crippen LogP contribution in [0.15, 0.2) is 18.5 Å². The molecule has 90 valence electrons. The third-order valence-corrected chi connectivity index (χ3v) is 2.61. The predicted octanol–water partition coefficient (Wildman–Crippen LogP) is 1.17. The van der Waals surface area contributed by atoms with Crippen LogP contribution in [0.1, 0.15) is 24.8 Å². The summed E-state index contributed by atoms with van der Waals surface area (Å²) in [5, 5.41) is 17.9. The molecule has 0 unspecified atom stereocenters. The first-order valence-corrected chi connectivity index (χ1v) is 5.65. The van der Waals surface area contributed by atoms with Gasteiger partial charge >= 0.3 is 0 Å². The van der Waals surface area contributed by atoms with Crippen LogP contribution in [0.3, 0.4) is 0 Å². The van der Waals surface area contributed by atoms with E-state index in [0.29, 0.717) is 0 Å². The molecule has 0 saturated heterocycles. The van der Waals surface area contributed by atoms with E-state index in [1.54, 1.807) is 12.4 Å². The van der Waals surface area contributed by atoms with E-state index in [2.05, 4.69) is 9.88 Å². The number of nitrogens with zero attached hydrogens (tertiary/aromatic N) is 2. The molecule has 1 rings (SSSR count). The molecular formula is C12H20N2O2. The van der Waals surface area contributed by atoms with Crippen molar-refractivity contribution < 1.29 is 10.2 Å². The number of anilines is 1. The van der Waals surface area contributed by atoms with Gasteiger partial charge in [0.05, 0.1) is 6.61 Å². The van der Waals surface area contributed by atoms with Crippen molar-refractivity contribution in [3.8, 4) is 0 Å². The second-order valence-corrected chi connectivity index (χ2v) is 3.87. The maximum Gasteiger partial charge on any atom is 0.0717 e. The molecule has 0 saturated carbocycles. The van der Waals surface area contributed by atoms with Crippen molar-refractivity contribution in [2.45, 2.75) is 25.9 Å². The Kier molecular flexibility index (Phi) is 5.82. The molecule has 1 aromatic heterocycles. The molecule has 0 bridgehead atoms. The van der Waals surface area contributed by atoms with Crippen LogP contribution in [0.4, 0.5) is 5.69 Å². The molecular weight excluding hydrogens is 204 g/mol. The summed E-state index contributed by atoms with van der Waals surface area (Å²) in [7, 11) is 2.01. The molecule has 4 heteroatoms. The van der Waals surface area contributed by atoms with Crippen molar-refractivity contribution in [2.75, 3.05) is 25.1 Å². The van der Waals surface area contributed by atoms with E-state index in [1.165, 1.54) is 0 Å². The van der Waals surface area contributed by atoms with Crippen LogP contribution < -0.4 is 4.90 Å². The van der Waals surface area contributed by atoms with E-state index in [0.717, 1.165) is 37.1 Å². The SMILES string of the molecule is CN(CCCCCO)c1ccncc1CO. The summed E-state index contributed by atoms with van der Waals surface area (Å²) in [6, 6.07) is 1.91. The Morgan fingerprint density at radius 3 is 2.75 bits per heavy atom. The van der Waals surface area contributed by atoms with Gasteiger partial charge in [0.1, 0.15) is 0 Å². The van der Waals surface area contributed by atoms with E-state index in [1.807, 2.05) is 13.1 Å². The van der Waals surface area contributed by atoms with Gasteiger partial charge in [-0.1, -0.05) is 0 Å². The highest BCUT2D eigenvalue weighted by Gasteiger charge is 2.05. The number of aromatic nitrogens is 1. The predicted molar refractivity (Wildman–Crippen MR) is 64.4 cm³/mol. The van der Waals surface area contributed by atoms with Gasteiger partial charge in [-0.05, 0) is 25.3 Å². The minimum Gasteiger partial charge on any atom is -0.396 e. The largest absolute Gasteiger partial charge is 0.396 e. The van der Waals surface area contributed by atoms with Gasteiger partial charge in [0, 0.05) is 43.8 Å². The Bertz CT molecular complexity index is 305. The fourth-order valence-electron chi connectivity index (χ4n) is 1.67. The zero-order valence-electron chi connectivity index (χ0n) is 9.76. The van der Waals surface area contributed by atoms with Crippen LogP contribution in [0.5, 0.6) is 0 Å². The van der Waals surface area contributed by atoms with Gasteiger partial charge in [0.15, 0.2) is 0 Å². The van der Waals surface area contributed by atoms with Crippen LogP contribution in [0.2, 0.25) is 0 Å². The lowest BCUT2D eigenvalue weighted by Crippen LogP contribution is -2.20. The lowest BCUT2D eigenvalue weighted by Gasteiger charge is -2.21. The van der Waals surface area contributed by atoms with E-state index < -0.39 is 0 Å². The summed E-state index contributed by atoms with van der Waals surface area (Å²) in [5.74, 6) is 0. The van der Waals surface area contributed by atoms with Crippen molar-refractivity contribution in [2.24, 2.45) is 0 Å². The molecule has 0 atom stereocenters. The van der Waals surface area contributed by atoms with E-state index >= 15 is 0 Å². The van der Waals surface area contributed by atoms with Crippen LogP contribution in [-0.4, -0.2) is 35.4 Å². The maximum absolute atomic E-state index is 9.18. The second kappa shape index (κ2) is 7.19. The lowest BCUT2D eigenvalue weighted by atomic mass is 10.2. The fourth-order valence-corrected chi connectivity index (χ4v) is 1.67. The Labute approximate surface area is 96.6 Å². The standard InChI is InChI=1S/C12H20N2O2/c1-14(7-3-2-4-8-15)12-5-6-13-9-11(12)10-16/h5-6,9,15-16H,2-4,7-8,10H2,1H3. The van der Waals surface area contributed by atoms with Crippen molar-refractivity contribution >= 4 is 5.69 Å². The van der Waals surface area contributed by atoms with Crippen LogP contribution in [0, 0.1) is 0 Å². The highest BCUT2D eigenvalue weighted by Crippen LogP contribution is 2.18. The highest BCUT2D eigenvalue weighted by molar-refractivity contribution is 5.51. The number of pyridine rings is 1. The molecule has 0 aliphatic carbocycles. The molecule has 1 heterocycles. The molecule has 0 spiro atoms. The third-order valence-electron chi connectivity index (χ3n) is 2.61. The average Bonchev–Trinajstić information content (AvgIpc) is 2.34. The first-order chi connectivity index (χ1) is 7.79. The second-order valence-electron chi connectivity index (χ2n) is 3.87. The molecule has 2 N–H and O–H groups in total. The molecule has 0 fully saturated rings. The minimum absolute atomic E-state index is 0.0180. The summed E-state index contributed by atoms with van der Waals surface area (Å²) < 4.78 is 0. The molecule has 4 nitrogen and oxygen atoms in total. The van der Waals surface area contributed by atoms with Crippen molar-refractivity contribution in [1.29, 1.82) is 0 Å². The van der Waals surface area contributed by atoms with E-state index in [-0.39, 0.29) is 13.2 Å². The lowest BCUT2D eigenvalue weighted by molar-refractivity contribution is 0.281. The summed E-state index contributed by atoms with van der Waals surface area (Å²) in [4.78, 5) is 6.10. The Balaban J connectivity index is 2.48. The molecule has 0 aliphatic rings. The van der Waals surface area contributed by atoms with Crippen molar-refractivity contribution in [3.63, 3.8) is 0 Å². The molecule has 1 aromatic rings. The quantitative estimate of drug-likeness (QED) is 0.683. The molecule has 0 amide bonds. The van der Waals surface area contributed by atoms with Gasteiger partial charge in [-0.15, -0.1) is 0 Å². The fraction of sp³-hybridized carbons (Fsp3) is 0.583. The van der Waals surface area contributed by atoms with Crippen LogP contribution in [-0.2, 0) is 6.61 Å². The number of aliphatic hydroxyl groups is 2. The summed E-state index contributed by atoms with van der Waals surface area (Å²) in [6.07, 6.45) is 6.36. The normalized spacial score (nSPS) is 10.4. The molecule has 0 radical (unpaired) electrons. The van der Waals surface area contributed by atoms with Crippen LogP contribution >= 0.6 is 0 Å². The first-order valence-electron chi connectivity index (χ1n) is 5.65. The smallest absolute Gasteiger partial charge is 0.0717 e. The third kappa shape index (κ3) is 3.79. The van der Waals surface area contributed by atoms with Gasteiger partial charge in [-0.3, -0.25) is 4.98 Å². The zero-order chi connectivity index (χ0) is 11.8. The Hall–Kier alpha value is -1.13. The Morgan fingerprint density at radius 1 is 1.25 bits per heavy atom. The van der Waals surface area contributed by atoms with Crippen molar-refractivity contribution in [3.05, 3.63) is 24.0 Å².